The van der Waals surface area contributed by atoms with Crippen LogP contribution in [0.25, 0.3) is 0 Å². The first-order valence-electron chi connectivity index (χ1n) is 9.34. The summed E-state index contributed by atoms with van der Waals surface area (Å²) >= 11 is -0.951. The van der Waals surface area contributed by atoms with Gasteiger partial charge >= 0.3 is 6.09 Å². The lowest BCUT2D eigenvalue weighted by Crippen LogP contribution is -2.63. The van der Waals surface area contributed by atoms with Crippen LogP contribution in [0.15, 0.2) is 5.16 Å². The Kier molecular flexibility index (Phi) is 6.85. The highest BCUT2D eigenvalue weighted by atomic mass is 32.2. The summed E-state index contributed by atoms with van der Waals surface area (Å²) in [6.45, 7) is 8.87. The highest BCUT2D eigenvalue weighted by Gasteiger charge is 2.64. The summed E-state index contributed by atoms with van der Waals surface area (Å²) in [4.78, 5) is 16.9. The molecule has 3 heterocycles. The molecule has 0 aromatic heterocycles. The molecule has 11 nitrogen and oxygen atoms in total. The summed E-state index contributed by atoms with van der Waals surface area (Å²) in [6, 6.07) is 0. The quantitative estimate of drug-likeness (QED) is 0.262. The van der Waals surface area contributed by atoms with E-state index in [1.54, 1.807) is 40.9 Å². The van der Waals surface area contributed by atoms with Crippen LogP contribution >= 0.6 is 11.8 Å². The standard InChI is InChI=1S/C17H28N2O9S2/c1-10(29-7)18-26-14(20)19(6)30(21)27-13-12-11(24-16(4,5)25-12)8-22-17(13)9-23-15(2,3)28-17/h11-13H,8-9H2,1-7H3/b18-10+/t11-,12-,13+,17+,30?/m1/s1. The lowest BCUT2D eigenvalue weighted by molar-refractivity contribution is -0.320. The number of carbonyl (C=O) groups excluding carboxylic acids is 1. The van der Waals surface area contributed by atoms with E-state index < -0.39 is 53.0 Å². The maximum absolute atomic E-state index is 12.8. The van der Waals surface area contributed by atoms with E-state index >= 15 is 0 Å². The Morgan fingerprint density at radius 3 is 2.50 bits per heavy atom. The first kappa shape index (κ1) is 23.9. The van der Waals surface area contributed by atoms with Gasteiger partial charge in [-0.2, -0.15) is 0 Å². The van der Waals surface area contributed by atoms with Gasteiger partial charge in [-0.1, -0.05) is 5.16 Å². The first-order valence-corrected chi connectivity index (χ1v) is 11.6. The van der Waals surface area contributed by atoms with Crippen molar-refractivity contribution in [3.8, 4) is 0 Å². The molecule has 1 unspecified atom stereocenters. The van der Waals surface area contributed by atoms with E-state index in [4.69, 9.17) is 32.7 Å². The maximum Gasteiger partial charge on any atom is 0.449 e. The van der Waals surface area contributed by atoms with E-state index in [2.05, 4.69) is 5.16 Å². The molecule has 0 radical (unpaired) electrons. The lowest BCUT2D eigenvalue weighted by Gasteiger charge is -2.43. The van der Waals surface area contributed by atoms with Crippen molar-refractivity contribution in [2.24, 2.45) is 5.16 Å². The van der Waals surface area contributed by atoms with Gasteiger partial charge in [0.05, 0.1) is 6.61 Å². The predicted molar refractivity (Wildman–Crippen MR) is 108 cm³/mol. The minimum Gasteiger partial charge on any atom is -0.345 e. The normalized spacial score (nSPS) is 35.8. The number of hydrogen-bond acceptors (Lipinski definition) is 11. The van der Waals surface area contributed by atoms with E-state index in [-0.39, 0.29) is 13.2 Å². The van der Waals surface area contributed by atoms with E-state index in [9.17, 15) is 9.00 Å². The molecule has 3 fully saturated rings. The molecule has 3 rings (SSSR count). The van der Waals surface area contributed by atoms with Crippen molar-refractivity contribution in [2.45, 2.75) is 70.3 Å². The van der Waals surface area contributed by atoms with Crippen LogP contribution in [0.3, 0.4) is 0 Å². The van der Waals surface area contributed by atoms with E-state index in [0.29, 0.717) is 5.04 Å². The zero-order chi connectivity index (χ0) is 22.3. The molecule has 13 heteroatoms. The van der Waals surface area contributed by atoms with Gasteiger partial charge in [0.15, 0.2) is 17.7 Å². The van der Waals surface area contributed by atoms with Crippen molar-refractivity contribution >= 4 is 34.2 Å². The lowest BCUT2D eigenvalue weighted by atomic mass is 9.97. The van der Waals surface area contributed by atoms with Crippen molar-refractivity contribution < 1.29 is 41.7 Å². The fraction of sp³-hybridized carbons (Fsp3) is 0.882. The van der Waals surface area contributed by atoms with E-state index in [1.165, 1.54) is 18.8 Å². The van der Waals surface area contributed by atoms with Gasteiger partial charge in [0.1, 0.15) is 23.9 Å². The van der Waals surface area contributed by atoms with Crippen molar-refractivity contribution in [1.82, 2.24) is 4.31 Å². The highest BCUT2D eigenvalue weighted by molar-refractivity contribution is 8.13. The van der Waals surface area contributed by atoms with Crippen LogP contribution in [0.4, 0.5) is 4.79 Å². The second-order valence-electron chi connectivity index (χ2n) is 7.96. The number of thioether (sulfide) groups is 1. The third-order valence-corrected chi connectivity index (χ3v) is 6.33. The third kappa shape index (κ3) is 4.99. The first-order chi connectivity index (χ1) is 13.9. The molecule has 3 aliphatic heterocycles. The van der Waals surface area contributed by atoms with Gasteiger partial charge in [-0.3, -0.25) is 9.02 Å². The van der Waals surface area contributed by atoms with Crippen LogP contribution in [0.5, 0.6) is 0 Å². The number of oxime groups is 1. The van der Waals surface area contributed by atoms with Crippen LogP contribution in [0.1, 0.15) is 34.6 Å². The van der Waals surface area contributed by atoms with Gasteiger partial charge < -0.3 is 23.7 Å². The Morgan fingerprint density at radius 2 is 1.90 bits per heavy atom. The van der Waals surface area contributed by atoms with Gasteiger partial charge in [0.25, 0.3) is 11.3 Å². The average molecular weight is 469 g/mol. The Hall–Kier alpha value is -0.800. The second-order valence-corrected chi connectivity index (χ2v) is 10.1. The van der Waals surface area contributed by atoms with Crippen molar-refractivity contribution in [3.63, 3.8) is 0 Å². The minimum atomic E-state index is -2.26. The zero-order valence-corrected chi connectivity index (χ0v) is 19.7. The molecule has 0 aromatic rings. The number of ether oxygens (including phenoxy) is 5. The largest absolute Gasteiger partial charge is 0.449 e. The highest BCUT2D eigenvalue weighted by Crippen LogP contribution is 2.45. The zero-order valence-electron chi connectivity index (χ0n) is 18.0. The molecular formula is C17H28N2O9S2. The molecule has 0 N–H and O–H groups in total. The number of amides is 1. The number of nitrogens with zero attached hydrogens (tertiary/aromatic N) is 2. The van der Waals surface area contributed by atoms with Crippen LogP contribution in [-0.4, -0.2) is 81.8 Å². The number of fused-ring (bicyclic) bond motifs is 1. The van der Waals surface area contributed by atoms with Crippen LogP contribution in [0.2, 0.25) is 0 Å². The topological polar surface area (TPSA) is 114 Å². The summed E-state index contributed by atoms with van der Waals surface area (Å²) in [6.07, 6.45) is -1.29. The third-order valence-electron chi connectivity index (χ3n) is 4.70. The van der Waals surface area contributed by atoms with Crippen molar-refractivity contribution in [3.05, 3.63) is 0 Å². The van der Waals surface area contributed by atoms with Gasteiger partial charge in [-0.25, -0.2) is 13.3 Å². The Bertz CT molecular complexity index is 730. The molecule has 0 aliphatic carbocycles. The minimum absolute atomic E-state index is 0.0280. The Morgan fingerprint density at radius 1 is 1.20 bits per heavy atom. The number of hydrogen-bond donors (Lipinski definition) is 0. The Balaban J connectivity index is 1.78. The number of rotatable bonds is 4. The van der Waals surface area contributed by atoms with Gasteiger partial charge in [-0.05, 0) is 40.9 Å². The molecule has 5 atom stereocenters. The molecule has 0 bridgehead atoms. The van der Waals surface area contributed by atoms with Crippen molar-refractivity contribution in [2.75, 3.05) is 26.5 Å². The molecule has 3 aliphatic rings. The van der Waals surface area contributed by atoms with Crippen LogP contribution < -0.4 is 0 Å². The van der Waals surface area contributed by atoms with Crippen molar-refractivity contribution in [1.29, 1.82) is 0 Å². The fourth-order valence-corrected chi connectivity index (χ4v) is 4.13. The molecule has 3 saturated heterocycles. The van der Waals surface area contributed by atoms with Gasteiger partial charge in [0, 0.05) is 7.05 Å². The predicted octanol–water partition coefficient (Wildman–Crippen LogP) is 1.74. The van der Waals surface area contributed by atoms with Crippen LogP contribution in [0, 0.1) is 0 Å². The molecule has 1 spiro atoms. The maximum atomic E-state index is 12.8. The van der Waals surface area contributed by atoms with Gasteiger partial charge in [0.2, 0.25) is 5.79 Å². The van der Waals surface area contributed by atoms with E-state index in [1.807, 2.05) is 0 Å². The monoisotopic (exact) mass is 468 g/mol. The second kappa shape index (κ2) is 8.62. The SMILES string of the molecule is CS/C(C)=N/OC(=O)N(C)S(=O)O[C@H]1[C@@H]2OC(C)(C)O[C@@H]2CO[C@]12COC(C)(C)O2. The summed E-state index contributed by atoms with van der Waals surface area (Å²) < 4.78 is 48.8. The van der Waals surface area contributed by atoms with Crippen LogP contribution in [-0.2, 0) is 44.0 Å². The average Bonchev–Trinajstić information content (AvgIpc) is 3.16. The summed E-state index contributed by atoms with van der Waals surface area (Å²) in [5.74, 6) is -3.21. The molecule has 172 valence electrons. The number of carbonyl (C=O) groups is 1. The molecular weight excluding hydrogens is 440 g/mol. The molecule has 30 heavy (non-hydrogen) atoms. The molecule has 0 saturated carbocycles. The Labute approximate surface area is 182 Å². The van der Waals surface area contributed by atoms with Gasteiger partial charge in [-0.15, -0.1) is 11.8 Å². The fourth-order valence-electron chi connectivity index (χ4n) is 3.31. The summed E-state index contributed by atoms with van der Waals surface area (Å²) in [5.41, 5.74) is 0. The summed E-state index contributed by atoms with van der Waals surface area (Å²) in [7, 11) is 1.27. The summed E-state index contributed by atoms with van der Waals surface area (Å²) in [5, 5.41) is 4.17. The van der Waals surface area contributed by atoms with E-state index in [0.717, 1.165) is 4.31 Å². The smallest absolute Gasteiger partial charge is 0.345 e. The molecule has 1 amide bonds. The molecule has 0 aromatic carbocycles.